The summed E-state index contributed by atoms with van der Waals surface area (Å²) in [6.45, 7) is 4.44. The van der Waals surface area contributed by atoms with Crippen LogP contribution in [0.4, 0.5) is 11.4 Å². The van der Waals surface area contributed by atoms with Crippen LogP contribution in [0.25, 0.3) is 0 Å². The molecule has 0 aliphatic carbocycles. The molecule has 0 saturated carbocycles. The molecule has 2 N–H and O–H groups in total. The molecule has 3 rings (SSSR count). The number of hydrogen-bond acceptors (Lipinski definition) is 3. The number of ether oxygens (including phenoxy) is 1. The van der Waals surface area contributed by atoms with Gasteiger partial charge in [-0.15, -0.1) is 0 Å². The number of carbonyl (C=O) groups is 2. The summed E-state index contributed by atoms with van der Waals surface area (Å²) in [5, 5.41) is 5.72. The quantitative estimate of drug-likeness (QED) is 0.523. The Morgan fingerprint density at radius 2 is 1.50 bits per heavy atom. The van der Waals surface area contributed by atoms with Crippen molar-refractivity contribution in [3.8, 4) is 5.75 Å². The van der Waals surface area contributed by atoms with E-state index < -0.39 is 0 Å². The summed E-state index contributed by atoms with van der Waals surface area (Å²) in [4.78, 5) is 24.4. The second-order valence-corrected chi connectivity index (χ2v) is 7.48. The van der Waals surface area contributed by atoms with Gasteiger partial charge in [0.15, 0.2) is 0 Å². The maximum atomic E-state index is 12.6. The van der Waals surface area contributed by atoms with Crippen molar-refractivity contribution >= 4 is 23.2 Å². The highest BCUT2D eigenvalue weighted by molar-refractivity contribution is 6.04. The van der Waals surface area contributed by atoms with Gasteiger partial charge in [-0.25, -0.2) is 0 Å². The molecule has 2 amide bonds. The van der Waals surface area contributed by atoms with Crippen LogP contribution in [0.3, 0.4) is 0 Å². The van der Waals surface area contributed by atoms with Crippen LogP contribution in [0.1, 0.15) is 36.2 Å². The van der Waals surface area contributed by atoms with E-state index in [1.165, 1.54) is 0 Å². The van der Waals surface area contributed by atoms with Crippen molar-refractivity contribution in [2.24, 2.45) is 5.92 Å². The van der Waals surface area contributed by atoms with E-state index in [9.17, 15) is 9.59 Å². The van der Waals surface area contributed by atoms with Crippen LogP contribution >= 0.6 is 0 Å². The molecule has 0 saturated heterocycles. The van der Waals surface area contributed by atoms with Crippen molar-refractivity contribution in [1.29, 1.82) is 0 Å². The van der Waals surface area contributed by atoms with Gasteiger partial charge in [-0.2, -0.15) is 0 Å². The Kier molecular flexibility index (Phi) is 7.22. The molecular weight excluding hydrogens is 376 g/mol. The zero-order chi connectivity index (χ0) is 21.3. The lowest BCUT2D eigenvalue weighted by atomic mass is 10.1. The Morgan fingerprint density at radius 1 is 0.833 bits per heavy atom. The average Bonchev–Trinajstić information content (AvgIpc) is 2.74. The fourth-order valence-electron chi connectivity index (χ4n) is 2.89. The summed E-state index contributed by atoms with van der Waals surface area (Å²) in [7, 11) is 0. The minimum absolute atomic E-state index is 0.0193. The van der Waals surface area contributed by atoms with Gasteiger partial charge in [0.25, 0.3) is 5.91 Å². The van der Waals surface area contributed by atoms with Crippen molar-refractivity contribution in [3.63, 3.8) is 0 Å². The second-order valence-electron chi connectivity index (χ2n) is 7.48. The minimum Gasteiger partial charge on any atom is -0.489 e. The van der Waals surface area contributed by atoms with Crippen LogP contribution in [-0.4, -0.2) is 11.8 Å². The lowest BCUT2D eigenvalue weighted by Crippen LogP contribution is -2.14. The van der Waals surface area contributed by atoms with E-state index in [-0.39, 0.29) is 11.8 Å². The van der Waals surface area contributed by atoms with Crippen molar-refractivity contribution in [3.05, 3.63) is 90.0 Å². The molecule has 5 heteroatoms. The molecule has 0 atom stereocenters. The Morgan fingerprint density at radius 3 is 2.17 bits per heavy atom. The number of benzene rings is 3. The number of nitrogens with one attached hydrogen (secondary N) is 2. The molecule has 154 valence electrons. The van der Waals surface area contributed by atoms with Gasteiger partial charge in [-0.1, -0.05) is 50.2 Å². The minimum atomic E-state index is -0.225. The van der Waals surface area contributed by atoms with Crippen LogP contribution in [0.2, 0.25) is 0 Å². The van der Waals surface area contributed by atoms with E-state index in [0.29, 0.717) is 41.6 Å². The Labute approximate surface area is 177 Å². The van der Waals surface area contributed by atoms with Crippen LogP contribution in [0, 0.1) is 5.92 Å². The van der Waals surface area contributed by atoms with Gasteiger partial charge in [-0.05, 0) is 53.9 Å². The summed E-state index contributed by atoms with van der Waals surface area (Å²) < 4.78 is 5.79. The molecule has 0 unspecified atom stereocenters. The van der Waals surface area contributed by atoms with Crippen LogP contribution in [0.5, 0.6) is 5.75 Å². The van der Waals surface area contributed by atoms with E-state index in [1.54, 1.807) is 42.5 Å². The van der Waals surface area contributed by atoms with Crippen LogP contribution in [0.15, 0.2) is 78.9 Å². The average molecular weight is 402 g/mol. The highest BCUT2D eigenvalue weighted by atomic mass is 16.5. The predicted molar refractivity (Wildman–Crippen MR) is 120 cm³/mol. The monoisotopic (exact) mass is 402 g/mol. The van der Waals surface area contributed by atoms with E-state index in [4.69, 9.17) is 4.74 Å². The molecule has 3 aromatic carbocycles. The third kappa shape index (κ3) is 6.48. The molecule has 3 aromatic rings. The zero-order valence-electron chi connectivity index (χ0n) is 17.2. The molecule has 0 aliphatic heterocycles. The van der Waals surface area contributed by atoms with Gasteiger partial charge in [0.2, 0.25) is 5.91 Å². The lowest BCUT2D eigenvalue weighted by Gasteiger charge is -2.10. The summed E-state index contributed by atoms with van der Waals surface area (Å²) in [6, 6.07) is 24.0. The summed E-state index contributed by atoms with van der Waals surface area (Å²) in [6.07, 6.45) is 0.473. The van der Waals surface area contributed by atoms with E-state index >= 15 is 0 Å². The van der Waals surface area contributed by atoms with Gasteiger partial charge in [0, 0.05) is 23.4 Å². The Balaban J connectivity index is 1.57. The van der Waals surface area contributed by atoms with Crippen molar-refractivity contribution < 1.29 is 14.3 Å². The molecule has 30 heavy (non-hydrogen) atoms. The first-order valence-electron chi connectivity index (χ1n) is 9.97. The molecule has 0 heterocycles. The number of rotatable bonds is 8. The summed E-state index contributed by atoms with van der Waals surface area (Å²) >= 11 is 0. The first kappa shape index (κ1) is 21.1. The van der Waals surface area contributed by atoms with E-state index in [2.05, 4.69) is 10.6 Å². The van der Waals surface area contributed by atoms with Gasteiger partial charge < -0.3 is 15.4 Å². The summed E-state index contributed by atoms with van der Waals surface area (Å²) in [5.41, 5.74) is 2.93. The first-order chi connectivity index (χ1) is 14.5. The molecule has 0 spiro atoms. The highest BCUT2D eigenvalue weighted by Gasteiger charge is 2.09. The Bertz CT molecular complexity index is 983. The topological polar surface area (TPSA) is 67.4 Å². The molecular formula is C25H26N2O3. The maximum Gasteiger partial charge on any atom is 0.255 e. The smallest absolute Gasteiger partial charge is 0.255 e. The third-order valence-electron chi connectivity index (χ3n) is 4.36. The fourth-order valence-corrected chi connectivity index (χ4v) is 2.89. The molecule has 0 radical (unpaired) electrons. The summed E-state index contributed by atoms with van der Waals surface area (Å²) in [5.74, 6) is 0.691. The van der Waals surface area contributed by atoms with Crippen LogP contribution in [-0.2, 0) is 11.4 Å². The number of hydrogen-bond donors (Lipinski definition) is 2. The van der Waals surface area contributed by atoms with Gasteiger partial charge >= 0.3 is 0 Å². The van der Waals surface area contributed by atoms with Gasteiger partial charge in [0.05, 0.1) is 0 Å². The van der Waals surface area contributed by atoms with E-state index in [0.717, 1.165) is 5.56 Å². The molecule has 0 bridgehead atoms. The van der Waals surface area contributed by atoms with Gasteiger partial charge in [-0.3, -0.25) is 9.59 Å². The van der Waals surface area contributed by atoms with Gasteiger partial charge in [0.1, 0.15) is 12.4 Å². The zero-order valence-corrected chi connectivity index (χ0v) is 17.2. The molecule has 0 fully saturated rings. The van der Waals surface area contributed by atoms with Crippen LogP contribution < -0.4 is 15.4 Å². The standard InChI is InChI=1S/C25H26N2O3/c1-18(2)15-24(28)26-21-11-13-22(14-12-21)27-25(29)20-9-6-10-23(16-20)30-17-19-7-4-3-5-8-19/h3-14,16,18H,15,17H2,1-2H3,(H,26,28)(H,27,29). The first-order valence-corrected chi connectivity index (χ1v) is 9.97. The number of anilines is 2. The van der Waals surface area contributed by atoms with Crippen molar-refractivity contribution in [2.75, 3.05) is 10.6 Å². The van der Waals surface area contributed by atoms with E-state index in [1.807, 2.05) is 50.2 Å². The third-order valence-corrected chi connectivity index (χ3v) is 4.36. The number of amides is 2. The Hall–Kier alpha value is -3.60. The molecule has 5 nitrogen and oxygen atoms in total. The molecule has 0 aromatic heterocycles. The highest BCUT2D eigenvalue weighted by Crippen LogP contribution is 2.18. The normalized spacial score (nSPS) is 10.5. The van der Waals surface area contributed by atoms with Crippen molar-refractivity contribution in [2.45, 2.75) is 26.9 Å². The predicted octanol–water partition coefficient (Wildman–Crippen LogP) is 5.50. The maximum absolute atomic E-state index is 12.6. The number of carbonyl (C=O) groups excluding carboxylic acids is 2. The lowest BCUT2D eigenvalue weighted by molar-refractivity contribution is -0.116. The van der Waals surface area contributed by atoms with Crippen molar-refractivity contribution in [1.82, 2.24) is 0 Å². The molecule has 0 aliphatic rings. The second kappa shape index (κ2) is 10.3. The SMILES string of the molecule is CC(C)CC(=O)Nc1ccc(NC(=O)c2cccc(OCc3ccccc3)c2)cc1. The largest absolute Gasteiger partial charge is 0.489 e. The fraction of sp³-hybridized carbons (Fsp3) is 0.200.